The minimum absolute atomic E-state index is 0. The Kier molecular flexibility index (Phi) is 6.45. The molecule has 1 aromatic carbocycles. The second kappa shape index (κ2) is 8.36. The van der Waals surface area contributed by atoms with E-state index in [0.29, 0.717) is 11.6 Å². The first-order chi connectivity index (χ1) is 11.6. The van der Waals surface area contributed by atoms with E-state index < -0.39 is 0 Å². The van der Waals surface area contributed by atoms with Crippen LogP contribution in [0.1, 0.15) is 30.3 Å². The average molecular weight is 365 g/mol. The highest BCUT2D eigenvalue weighted by atomic mass is 35.5. The van der Waals surface area contributed by atoms with Crippen LogP contribution in [0.25, 0.3) is 5.69 Å². The molecule has 1 fully saturated rings. The summed E-state index contributed by atoms with van der Waals surface area (Å²) in [6.45, 7) is 3.54. The van der Waals surface area contributed by atoms with E-state index in [9.17, 15) is 4.79 Å². The third-order valence-electron chi connectivity index (χ3n) is 4.72. The highest BCUT2D eigenvalue weighted by Crippen LogP contribution is 2.21. The zero-order chi connectivity index (χ0) is 17.1. The van der Waals surface area contributed by atoms with Gasteiger partial charge in [-0.15, -0.1) is 12.4 Å². The number of rotatable bonds is 4. The third kappa shape index (κ3) is 4.32. The molecule has 7 heteroatoms. The van der Waals surface area contributed by atoms with Gasteiger partial charge in [0.1, 0.15) is 5.75 Å². The smallest absolute Gasteiger partial charge is 0.274 e. The van der Waals surface area contributed by atoms with Gasteiger partial charge < -0.3 is 15.4 Å². The Balaban J connectivity index is 0.00000225. The molecule has 0 aliphatic carbocycles. The van der Waals surface area contributed by atoms with Crippen LogP contribution in [0, 0.1) is 5.92 Å². The number of aromatic nitrogens is 2. The Morgan fingerprint density at radius 2 is 1.88 bits per heavy atom. The van der Waals surface area contributed by atoms with Crippen molar-refractivity contribution in [3.63, 3.8) is 0 Å². The predicted molar refractivity (Wildman–Crippen MR) is 99.6 cm³/mol. The topological polar surface area (TPSA) is 73.4 Å². The minimum atomic E-state index is -0.00890. The summed E-state index contributed by atoms with van der Waals surface area (Å²) >= 11 is 0. The van der Waals surface area contributed by atoms with Crippen LogP contribution in [0.3, 0.4) is 0 Å². The molecule has 1 amide bonds. The average Bonchev–Trinajstić information content (AvgIpc) is 3.11. The summed E-state index contributed by atoms with van der Waals surface area (Å²) in [6.07, 6.45) is 3.73. The second-order valence-corrected chi connectivity index (χ2v) is 6.33. The first kappa shape index (κ1) is 19.3. The number of benzene rings is 1. The van der Waals surface area contributed by atoms with E-state index >= 15 is 0 Å². The fourth-order valence-electron chi connectivity index (χ4n) is 3.11. The normalized spacial score (nSPS) is 16.2. The van der Waals surface area contributed by atoms with Crippen molar-refractivity contribution in [2.75, 3.05) is 20.2 Å². The van der Waals surface area contributed by atoms with Gasteiger partial charge in [0.2, 0.25) is 0 Å². The highest BCUT2D eigenvalue weighted by molar-refractivity contribution is 5.92. The molecule has 1 atom stereocenters. The van der Waals surface area contributed by atoms with Gasteiger partial charge in [0, 0.05) is 25.3 Å². The van der Waals surface area contributed by atoms with Crippen molar-refractivity contribution in [1.29, 1.82) is 0 Å². The Bertz CT molecular complexity index is 691. The summed E-state index contributed by atoms with van der Waals surface area (Å²) in [4.78, 5) is 14.5. The number of halogens is 1. The van der Waals surface area contributed by atoms with Gasteiger partial charge in [0.25, 0.3) is 5.91 Å². The van der Waals surface area contributed by atoms with E-state index in [2.05, 4.69) is 5.10 Å². The van der Waals surface area contributed by atoms with E-state index in [1.54, 1.807) is 17.9 Å². The number of amides is 1. The monoisotopic (exact) mass is 364 g/mol. The maximum absolute atomic E-state index is 12.6. The Morgan fingerprint density at radius 3 is 2.44 bits per heavy atom. The number of carbonyl (C=O) groups excluding carboxylic acids is 1. The molecule has 3 rings (SSSR count). The van der Waals surface area contributed by atoms with Crippen LogP contribution in [0.4, 0.5) is 0 Å². The van der Waals surface area contributed by atoms with Gasteiger partial charge >= 0.3 is 0 Å². The zero-order valence-electron chi connectivity index (χ0n) is 14.6. The summed E-state index contributed by atoms with van der Waals surface area (Å²) in [7, 11) is 1.63. The minimum Gasteiger partial charge on any atom is -0.497 e. The van der Waals surface area contributed by atoms with Crippen LogP contribution in [-0.2, 0) is 0 Å². The standard InChI is InChI=1S/C18H24N4O2.ClH/c1-13(19)14-7-10-21(11-8-14)18(23)17-9-12-22(20-17)15-3-5-16(24-2)6-4-15;/h3-6,9,12-14H,7-8,10-11,19H2,1-2H3;1H. The molecule has 136 valence electrons. The lowest BCUT2D eigenvalue weighted by molar-refractivity contribution is 0.0674. The van der Waals surface area contributed by atoms with Crippen molar-refractivity contribution in [3.05, 3.63) is 42.2 Å². The van der Waals surface area contributed by atoms with E-state index in [-0.39, 0.29) is 24.4 Å². The molecule has 0 bridgehead atoms. The predicted octanol–water partition coefficient (Wildman–Crippen LogP) is 2.50. The molecular formula is C18H25ClN4O2. The number of methoxy groups -OCH3 is 1. The third-order valence-corrected chi connectivity index (χ3v) is 4.72. The molecule has 1 unspecified atom stereocenters. The Morgan fingerprint density at radius 1 is 1.24 bits per heavy atom. The van der Waals surface area contributed by atoms with Crippen LogP contribution in [0.15, 0.2) is 36.5 Å². The first-order valence-corrected chi connectivity index (χ1v) is 8.33. The van der Waals surface area contributed by atoms with Gasteiger partial charge in [-0.05, 0) is 56.0 Å². The van der Waals surface area contributed by atoms with Crippen molar-refractivity contribution < 1.29 is 9.53 Å². The van der Waals surface area contributed by atoms with E-state index in [0.717, 1.165) is 37.4 Å². The van der Waals surface area contributed by atoms with Crippen LogP contribution < -0.4 is 10.5 Å². The van der Waals surface area contributed by atoms with Crippen molar-refractivity contribution in [1.82, 2.24) is 14.7 Å². The number of hydrogen-bond donors (Lipinski definition) is 1. The van der Waals surface area contributed by atoms with Crippen molar-refractivity contribution in [3.8, 4) is 11.4 Å². The Labute approximate surface area is 154 Å². The number of carbonyl (C=O) groups is 1. The molecule has 6 nitrogen and oxygen atoms in total. The molecule has 1 aliphatic heterocycles. The molecular weight excluding hydrogens is 340 g/mol. The van der Waals surface area contributed by atoms with E-state index in [1.165, 1.54) is 0 Å². The van der Waals surface area contributed by atoms with Gasteiger partial charge in [-0.1, -0.05) is 0 Å². The lowest BCUT2D eigenvalue weighted by atomic mass is 9.91. The lowest BCUT2D eigenvalue weighted by Crippen LogP contribution is -2.42. The number of nitrogens with two attached hydrogens (primary N) is 1. The second-order valence-electron chi connectivity index (χ2n) is 6.33. The van der Waals surface area contributed by atoms with Crippen LogP contribution >= 0.6 is 12.4 Å². The van der Waals surface area contributed by atoms with Crippen LogP contribution in [-0.4, -0.2) is 46.8 Å². The number of likely N-dealkylation sites (tertiary alicyclic amines) is 1. The molecule has 0 spiro atoms. The summed E-state index contributed by atoms with van der Waals surface area (Å²) in [5, 5.41) is 4.43. The van der Waals surface area contributed by atoms with Crippen molar-refractivity contribution in [2.24, 2.45) is 11.7 Å². The fourth-order valence-corrected chi connectivity index (χ4v) is 3.11. The number of nitrogens with zero attached hydrogens (tertiary/aromatic N) is 3. The van der Waals surface area contributed by atoms with Gasteiger partial charge in [0.05, 0.1) is 12.8 Å². The molecule has 25 heavy (non-hydrogen) atoms. The van der Waals surface area contributed by atoms with Crippen molar-refractivity contribution in [2.45, 2.75) is 25.8 Å². The molecule has 2 aromatic rings. The lowest BCUT2D eigenvalue weighted by Gasteiger charge is -2.33. The highest BCUT2D eigenvalue weighted by Gasteiger charge is 2.26. The SMILES string of the molecule is COc1ccc(-n2ccc(C(=O)N3CCC(C(C)N)CC3)n2)cc1.Cl. The quantitative estimate of drug-likeness (QED) is 0.904. The van der Waals surface area contributed by atoms with Gasteiger partial charge in [0.15, 0.2) is 5.69 Å². The Hall–Kier alpha value is -2.05. The van der Waals surface area contributed by atoms with E-state index in [1.807, 2.05) is 42.3 Å². The van der Waals surface area contributed by atoms with E-state index in [4.69, 9.17) is 10.5 Å². The maximum Gasteiger partial charge on any atom is 0.274 e. The molecule has 0 radical (unpaired) electrons. The van der Waals surface area contributed by atoms with Crippen LogP contribution in [0.2, 0.25) is 0 Å². The number of ether oxygens (including phenoxy) is 1. The van der Waals surface area contributed by atoms with Crippen molar-refractivity contribution >= 4 is 18.3 Å². The molecule has 2 N–H and O–H groups in total. The number of piperidine rings is 1. The fraction of sp³-hybridized carbons (Fsp3) is 0.444. The molecule has 2 heterocycles. The maximum atomic E-state index is 12.6. The largest absolute Gasteiger partial charge is 0.497 e. The summed E-state index contributed by atoms with van der Waals surface area (Å²) in [5.74, 6) is 1.29. The zero-order valence-corrected chi connectivity index (χ0v) is 15.4. The van der Waals surface area contributed by atoms with Gasteiger partial charge in [-0.3, -0.25) is 4.79 Å². The molecule has 1 aliphatic rings. The molecule has 0 saturated carbocycles. The van der Waals surface area contributed by atoms with Gasteiger partial charge in [-0.2, -0.15) is 5.10 Å². The summed E-state index contributed by atoms with van der Waals surface area (Å²) < 4.78 is 6.86. The summed E-state index contributed by atoms with van der Waals surface area (Å²) in [5.41, 5.74) is 7.33. The van der Waals surface area contributed by atoms with Gasteiger partial charge in [-0.25, -0.2) is 4.68 Å². The molecule has 1 saturated heterocycles. The van der Waals surface area contributed by atoms with Crippen LogP contribution in [0.5, 0.6) is 5.75 Å². The number of hydrogen-bond acceptors (Lipinski definition) is 4. The summed E-state index contributed by atoms with van der Waals surface area (Å²) in [6, 6.07) is 9.53. The molecule has 1 aromatic heterocycles. The first-order valence-electron chi connectivity index (χ1n) is 8.33.